The van der Waals surface area contributed by atoms with Crippen LogP contribution in [0.3, 0.4) is 0 Å². The molecule has 1 aliphatic heterocycles. The van der Waals surface area contributed by atoms with Gasteiger partial charge in [0.1, 0.15) is 0 Å². The summed E-state index contributed by atoms with van der Waals surface area (Å²) in [6.45, 7) is 4.73. The molecule has 3 heteroatoms. The Morgan fingerprint density at radius 1 is 0.857 bits per heavy atom. The quantitative estimate of drug-likeness (QED) is 0.555. The van der Waals surface area contributed by atoms with Gasteiger partial charge in [0.05, 0.1) is 11.8 Å². The average molecular weight is 294 g/mol. The molecule has 0 aromatic carbocycles. The van der Waals surface area contributed by atoms with E-state index in [2.05, 4.69) is 17.0 Å². The average Bonchev–Trinajstić information content (AvgIpc) is 2.49. The summed E-state index contributed by atoms with van der Waals surface area (Å²) in [5.41, 5.74) is 1.06. The van der Waals surface area contributed by atoms with Gasteiger partial charge in [0.15, 0.2) is 0 Å². The standard InChI is InChI=1S/C18H34N2O/c1-16-12-14-20(15-13-16)18-11-9-7-5-3-2-4-6-8-10-17(18)19-21/h16,18,21H,2-15H2,1H3. The third kappa shape index (κ3) is 5.61. The summed E-state index contributed by atoms with van der Waals surface area (Å²) in [4.78, 5) is 2.60. The van der Waals surface area contributed by atoms with Crippen molar-refractivity contribution in [2.45, 2.75) is 90.0 Å². The maximum atomic E-state index is 9.51. The van der Waals surface area contributed by atoms with E-state index >= 15 is 0 Å². The molecule has 1 saturated heterocycles. The van der Waals surface area contributed by atoms with Crippen LogP contribution < -0.4 is 0 Å². The fourth-order valence-corrected chi connectivity index (χ4v) is 3.89. The van der Waals surface area contributed by atoms with Gasteiger partial charge in [-0.1, -0.05) is 57.0 Å². The Labute approximate surface area is 130 Å². The Hall–Kier alpha value is -0.570. The molecule has 1 unspecified atom stereocenters. The van der Waals surface area contributed by atoms with Gasteiger partial charge in [0.25, 0.3) is 0 Å². The summed E-state index contributed by atoms with van der Waals surface area (Å²) in [7, 11) is 0. The highest BCUT2D eigenvalue weighted by Crippen LogP contribution is 2.24. The second kappa shape index (κ2) is 9.45. The van der Waals surface area contributed by atoms with Crippen molar-refractivity contribution in [2.75, 3.05) is 13.1 Å². The van der Waals surface area contributed by atoms with Gasteiger partial charge < -0.3 is 5.21 Å². The minimum absolute atomic E-state index is 0.405. The maximum absolute atomic E-state index is 9.51. The van der Waals surface area contributed by atoms with E-state index < -0.39 is 0 Å². The van der Waals surface area contributed by atoms with E-state index in [0.717, 1.165) is 18.1 Å². The minimum Gasteiger partial charge on any atom is -0.411 e. The predicted molar refractivity (Wildman–Crippen MR) is 89.2 cm³/mol. The SMILES string of the molecule is CC1CCN(C2CCCCCCCCCCC2=NO)CC1. The topological polar surface area (TPSA) is 35.8 Å². The van der Waals surface area contributed by atoms with Crippen LogP contribution in [0, 0.1) is 5.92 Å². The summed E-state index contributed by atoms with van der Waals surface area (Å²) in [5, 5.41) is 13.2. The number of hydrogen-bond donors (Lipinski definition) is 1. The molecule has 2 aliphatic rings. The van der Waals surface area contributed by atoms with E-state index in [0.29, 0.717) is 6.04 Å². The molecule has 1 heterocycles. The van der Waals surface area contributed by atoms with Gasteiger partial charge in [0, 0.05) is 0 Å². The van der Waals surface area contributed by atoms with Gasteiger partial charge in [-0.15, -0.1) is 0 Å². The molecule has 1 atom stereocenters. The number of hydrogen-bond acceptors (Lipinski definition) is 3. The van der Waals surface area contributed by atoms with Crippen molar-refractivity contribution < 1.29 is 5.21 Å². The van der Waals surface area contributed by atoms with E-state index in [-0.39, 0.29) is 0 Å². The summed E-state index contributed by atoms with van der Waals surface area (Å²) >= 11 is 0. The molecular formula is C18H34N2O. The van der Waals surface area contributed by atoms with Crippen LogP contribution in [0.2, 0.25) is 0 Å². The molecule has 1 aliphatic carbocycles. The predicted octanol–water partition coefficient (Wildman–Crippen LogP) is 4.83. The molecule has 0 aromatic heterocycles. The van der Waals surface area contributed by atoms with Crippen molar-refractivity contribution in [3.8, 4) is 0 Å². The normalized spacial score (nSPS) is 30.7. The zero-order valence-corrected chi connectivity index (χ0v) is 13.9. The number of rotatable bonds is 1. The molecule has 3 nitrogen and oxygen atoms in total. The number of oxime groups is 1. The van der Waals surface area contributed by atoms with Gasteiger partial charge in [-0.2, -0.15) is 0 Å². The minimum atomic E-state index is 0.405. The molecule has 0 radical (unpaired) electrons. The lowest BCUT2D eigenvalue weighted by Crippen LogP contribution is -2.45. The number of nitrogens with zero attached hydrogens (tertiary/aromatic N) is 2. The largest absolute Gasteiger partial charge is 0.411 e. The maximum Gasteiger partial charge on any atom is 0.0742 e. The van der Waals surface area contributed by atoms with E-state index in [1.54, 1.807) is 0 Å². The van der Waals surface area contributed by atoms with Gasteiger partial charge >= 0.3 is 0 Å². The zero-order chi connectivity index (χ0) is 14.9. The monoisotopic (exact) mass is 294 g/mol. The Morgan fingerprint density at radius 2 is 1.43 bits per heavy atom. The van der Waals surface area contributed by atoms with Crippen LogP contribution >= 0.6 is 0 Å². The van der Waals surface area contributed by atoms with Gasteiger partial charge in [-0.3, -0.25) is 4.90 Å². The fraction of sp³-hybridized carbons (Fsp3) is 0.944. The lowest BCUT2D eigenvalue weighted by atomic mass is 9.92. The molecule has 1 saturated carbocycles. The first-order chi connectivity index (χ1) is 10.3. The molecule has 122 valence electrons. The summed E-state index contributed by atoms with van der Waals surface area (Å²) in [5.74, 6) is 0.863. The van der Waals surface area contributed by atoms with E-state index in [1.807, 2.05) is 0 Å². The highest BCUT2D eigenvalue weighted by Gasteiger charge is 2.27. The van der Waals surface area contributed by atoms with Crippen molar-refractivity contribution in [1.29, 1.82) is 0 Å². The Bertz CT molecular complexity index is 308. The first-order valence-corrected chi connectivity index (χ1v) is 9.26. The van der Waals surface area contributed by atoms with Crippen molar-refractivity contribution in [1.82, 2.24) is 4.90 Å². The molecule has 0 bridgehead atoms. The van der Waals surface area contributed by atoms with Crippen LogP contribution in [0.1, 0.15) is 84.0 Å². The molecule has 0 spiro atoms. The summed E-state index contributed by atoms with van der Waals surface area (Å²) in [6.07, 6.45) is 15.4. The lowest BCUT2D eigenvalue weighted by Gasteiger charge is -2.37. The van der Waals surface area contributed by atoms with E-state index in [1.165, 1.54) is 83.7 Å². The van der Waals surface area contributed by atoms with Crippen LogP contribution in [-0.4, -0.2) is 35.0 Å². The highest BCUT2D eigenvalue weighted by atomic mass is 16.4. The molecule has 0 amide bonds. The fourth-order valence-electron chi connectivity index (χ4n) is 3.89. The molecule has 2 rings (SSSR count). The second-order valence-corrected chi connectivity index (χ2v) is 7.19. The Balaban J connectivity index is 1.96. The van der Waals surface area contributed by atoms with Crippen LogP contribution in [0.4, 0.5) is 0 Å². The smallest absolute Gasteiger partial charge is 0.0742 e. The second-order valence-electron chi connectivity index (χ2n) is 7.19. The van der Waals surface area contributed by atoms with Crippen LogP contribution in [0.15, 0.2) is 5.16 Å². The van der Waals surface area contributed by atoms with Crippen LogP contribution in [0.5, 0.6) is 0 Å². The van der Waals surface area contributed by atoms with Crippen LogP contribution in [-0.2, 0) is 0 Å². The van der Waals surface area contributed by atoms with Crippen molar-refractivity contribution in [2.24, 2.45) is 11.1 Å². The van der Waals surface area contributed by atoms with Crippen LogP contribution in [0.25, 0.3) is 0 Å². The van der Waals surface area contributed by atoms with Gasteiger partial charge in [-0.05, 0) is 51.1 Å². The molecule has 2 fully saturated rings. The van der Waals surface area contributed by atoms with E-state index in [9.17, 15) is 5.21 Å². The molecule has 1 N–H and O–H groups in total. The molecular weight excluding hydrogens is 260 g/mol. The highest BCUT2D eigenvalue weighted by molar-refractivity contribution is 5.89. The summed E-state index contributed by atoms with van der Waals surface area (Å²) < 4.78 is 0. The van der Waals surface area contributed by atoms with Gasteiger partial charge in [0.2, 0.25) is 0 Å². The molecule has 21 heavy (non-hydrogen) atoms. The summed E-state index contributed by atoms with van der Waals surface area (Å²) in [6, 6.07) is 0.405. The number of likely N-dealkylation sites (tertiary alicyclic amines) is 1. The Kier molecular flexibility index (Phi) is 7.56. The zero-order valence-electron chi connectivity index (χ0n) is 13.9. The van der Waals surface area contributed by atoms with E-state index in [4.69, 9.17) is 0 Å². The van der Waals surface area contributed by atoms with Crippen molar-refractivity contribution >= 4 is 5.71 Å². The molecule has 0 aromatic rings. The third-order valence-corrected chi connectivity index (χ3v) is 5.43. The first-order valence-electron chi connectivity index (χ1n) is 9.26. The van der Waals surface area contributed by atoms with Gasteiger partial charge in [-0.25, -0.2) is 0 Å². The lowest BCUT2D eigenvalue weighted by molar-refractivity contribution is 0.158. The number of piperidine rings is 1. The van der Waals surface area contributed by atoms with Crippen molar-refractivity contribution in [3.05, 3.63) is 0 Å². The third-order valence-electron chi connectivity index (χ3n) is 5.43. The Morgan fingerprint density at radius 3 is 2.05 bits per heavy atom. The first kappa shape index (κ1) is 16.8. The van der Waals surface area contributed by atoms with Crippen molar-refractivity contribution in [3.63, 3.8) is 0 Å².